The van der Waals surface area contributed by atoms with Crippen molar-refractivity contribution >= 4 is 46.1 Å². The van der Waals surface area contributed by atoms with Crippen molar-refractivity contribution in [1.29, 1.82) is 0 Å². The van der Waals surface area contributed by atoms with Crippen molar-refractivity contribution in [3.63, 3.8) is 0 Å². The van der Waals surface area contributed by atoms with Crippen LogP contribution in [0.4, 0.5) is 11.6 Å². The van der Waals surface area contributed by atoms with Gasteiger partial charge in [0.1, 0.15) is 21.0 Å². The molecule has 2 aromatic rings. The van der Waals surface area contributed by atoms with Crippen LogP contribution in [0.3, 0.4) is 0 Å². The van der Waals surface area contributed by atoms with Crippen LogP contribution >= 0.6 is 23.5 Å². The van der Waals surface area contributed by atoms with Gasteiger partial charge in [-0.1, -0.05) is 42.1 Å². The van der Waals surface area contributed by atoms with Crippen LogP contribution < -0.4 is 10.6 Å². The van der Waals surface area contributed by atoms with E-state index in [2.05, 4.69) is 19.4 Å². The Morgan fingerprint density at radius 1 is 1.28 bits per heavy atom. The van der Waals surface area contributed by atoms with Crippen LogP contribution in [0.15, 0.2) is 51.9 Å². The minimum absolute atomic E-state index is 0.0367. The summed E-state index contributed by atoms with van der Waals surface area (Å²) in [6.45, 7) is 8.09. The number of nitrogens with zero attached hydrogens (tertiary/aromatic N) is 3. The highest BCUT2D eigenvalue weighted by Gasteiger charge is 2.26. The van der Waals surface area contributed by atoms with Crippen molar-refractivity contribution in [2.75, 3.05) is 17.7 Å². The van der Waals surface area contributed by atoms with Gasteiger partial charge in [-0.25, -0.2) is 8.51 Å². The van der Waals surface area contributed by atoms with E-state index in [-0.39, 0.29) is 11.3 Å². The Morgan fingerprint density at radius 3 is 2.55 bits per heavy atom. The van der Waals surface area contributed by atoms with Gasteiger partial charge in [0, 0.05) is 25.3 Å². The Labute approximate surface area is 183 Å². The molecule has 7 nitrogen and oxygen atoms in total. The first-order valence-electron chi connectivity index (χ1n) is 8.94. The second kappa shape index (κ2) is 10.8. The summed E-state index contributed by atoms with van der Waals surface area (Å²) in [6, 6.07) is 10.0. The van der Waals surface area contributed by atoms with Crippen LogP contribution in [0.25, 0.3) is 0 Å². The molecule has 0 bridgehead atoms. The average Bonchev–Trinajstić information content (AvgIpc) is 3.12. The van der Waals surface area contributed by atoms with Crippen LogP contribution in [0.5, 0.6) is 0 Å². The van der Waals surface area contributed by atoms with Crippen molar-refractivity contribution in [2.45, 2.75) is 39.8 Å². The maximum Gasteiger partial charge on any atom is 0.188 e. The number of aromatic nitrogens is 2. The van der Waals surface area contributed by atoms with Crippen LogP contribution in [-0.4, -0.2) is 35.0 Å². The molecule has 0 saturated carbocycles. The number of aliphatic hydroxyl groups excluding tert-OH is 1. The molecule has 0 spiro atoms. The summed E-state index contributed by atoms with van der Waals surface area (Å²) in [5.74, 6) is 1.32. The van der Waals surface area contributed by atoms with Gasteiger partial charge >= 0.3 is 0 Å². The zero-order chi connectivity index (χ0) is 21.4. The van der Waals surface area contributed by atoms with E-state index >= 15 is 0 Å². The molecule has 1 atom stereocenters. The Morgan fingerprint density at radius 2 is 1.93 bits per heavy atom. The molecule has 158 valence electrons. The molecule has 10 heteroatoms. The van der Waals surface area contributed by atoms with Gasteiger partial charge in [0.15, 0.2) is 11.6 Å². The number of allylic oxidation sites excluding steroid dienone is 1. The van der Waals surface area contributed by atoms with Gasteiger partial charge in [-0.2, -0.15) is 8.75 Å². The van der Waals surface area contributed by atoms with Crippen molar-refractivity contribution in [1.82, 2.24) is 13.1 Å². The summed E-state index contributed by atoms with van der Waals surface area (Å²) in [4.78, 5) is 0. The number of nitrogens with one attached hydrogen (secondary N) is 2. The lowest BCUT2D eigenvalue weighted by Gasteiger charge is -2.30. The molecule has 1 unspecified atom stereocenters. The van der Waals surface area contributed by atoms with Crippen LogP contribution in [0.2, 0.25) is 0 Å². The lowest BCUT2D eigenvalue weighted by Crippen LogP contribution is -2.39. The fourth-order valence-electron chi connectivity index (χ4n) is 2.02. The summed E-state index contributed by atoms with van der Waals surface area (Å²) in [6.07, 6.45) is 1.69. The van der Waals surface area contributed by atoms with Gasteiger partial charge in [0.2, 0.25) is 0 Å². The molecular formula is C19H27N5O2S3. The van der Waals surface area contributed by atoms with Crippen molar-refractivity contribution < 1.29 is 9.32 Å². The normalized spacial score (nSPS) is 14.1. The molecule has 2 rings (SSSR count). The predicted molar refractivity (Wildman–Crippen MR) is 125 cm³/mol. The van der Waals surface area contributed by atoms with E-state index in [4.69, 9.17) is 0 Å². The zero-order valence-corrected chi connectivity index (χ0v) is 19.6. The molecular weight excluding hydrogens is 426 g/mol. The first-order valence-corrected chi connectivity index (χ1v) is 11.7. The maximum atomic E-state index is 12.7. The lowest BCUT2D eigenvalue weighted by atomic mass is 10.1. The highest BCUT2D eigenvalue weighted by Crippen LogP contribution is 2.29. The van der Waals surface area contributed by atoms with E-state index in [0.717, 1.165) is 17.3 Å². The molecule has 1 aromatic heterocycles. The molecule has 0 radical (unpaired) electrons. The third-order valence-electron chi connectivity index (χ3n) is 3.90. The molecule has 0 saturated heterocycles. The van der Waals surface area contributed by atoms with Crippen LogP contribution in [0.1, 0.15) is 33.3 Å². The van der Waals surface area contributed by atoms with Crippen LogP contribution in [0, 0.1) is 0 Å². The molecule has 0 aliphatic rings. The van der Waals surface area contributed by atoms with Crippen LogP contribution in [-0.2, 0) is 17.5 Å². The number of benzene rings is 1. The zero-order valence-electron chi connectivity index (χ0n) is 17.2. The highest BCUT2D eigenvalue weighted by molar-refractivity contribution is 8.17. The molecule has 0 aliphatic heterocycles. The van der Waals surface area contributed by atoms with Gasteiger partial charge in [-0.3, -0.25) is 0 Å². The summed E-state index contributed by atoms with van der Waals surface area (Å²) < 4.78 is 23.4. The van der Waals surface area contributed by atoms with Gasteiger partial charge in [-0.15, -0.1) is 0 Å². The van der Waals surface area contributed by atoms with Crippen molar-refractivity contribution in [3.8, 4) is 0 Å². The van der Waals surface area contributed by atoms with E-state index < -0.39 is 11.0 Å². The van der Waals surface area contributed by atoms with Crippen molar-refractivity contribution in [3.05, 3.63) is 57.5 Å². The summed E-state index contributed by atoms with van der Waals surface area (Å²) >= 11 is 2.31. The molecule has 29 heavy (non-hydrogen) atoms. The minimum Gasteiger partial charge on any atom is -0.511 e. The highest BCUT2D eigenvalue weighted by atomic mass is 32.2. The largest absolute Gasteiger partial charge is 0.511 e. The summed E-state index contributed by atoms with van der Waals surface area (Å²) in [5, 5.41) is 18.0. The fourth-order valence-corrected chi connectivity index (χ4v) is 4.77. The number of hydrogen-bond donors (Lipinski definition) is 3. The smallest absolute Gasteiger partial charge is 0.188 e. The first kappa shape index (κ1) is 23.4. The number of anilines is 2. The molecule has 1 aromatic carbocycles. The van der Waals surface area contributed by atoms with E-state index in [1.54, 1.807) is 23.0 Å². The quantitative estimate of drug-likeness (QED) is 0.465. The van der Waals surface area contributed by atoms with E-state index in [0.29, 0.717) is 22.4 Å². The topological polar surface area (TPSA) is 90.4 Å². The van der Waals surface area contributed by atoms with Crippen molar-refractivity contribution in [2.24, 2.45) is 0 Å². The fraction of sp³-hybridized carbons (Fsp3) is 0.368. The molecule has 0 amide bonds. The Hall–Kier alpha value is -1.88. The number of hydrogen-bond acceptors (Lipinski definition) is 8. The standard InChI is InChI=1S/C19H27N5O2S3/c1-14(25)18(29(26)24(5)19(2,3)4)27-12-11-20-16-17(23-28-22-16)21-13-15-9-7-6-8-10-15/h6-12,25H,13H2,1-5H3,(H,20,22)(H,21,23)/b12-11+,18-14-. The summed E-state index contributed by atoms with van der Waals surface area (Å²) in [7, 11) is 0.309. The summed E-state index contributed by atoms with van der Waals surface area (Å²) in [5.41, 5.74) is 0.857. The third kappa shape index (κ3) is 7.14. The molecule has 1 heterocycles. The van der Waals surface area contributed by atoms with E-state index in [1.165, 1.54) is 18.7 Å². The van der Waals surface area contributed by atoms with Gasteiger partial charge < -0.3 is 15.7 Å². The van der Waals surface area contributed by atoms with E-state index in [9.17, 15) is 9.32 Å². The second-order valence-corrected chi connectivity index (χ2v) is 10.3. The molecule has 3 N–H and O–H groups in total. The first-order chi connectivity index (χ1) is 13.7. The van der Waals surface area contributed by atoms with E-state index in [1.807, 2.05) is 51.1 Å². The molecule has 0 aliphatic carbocycles. The van der Waals surface area contributed by atoms with Gasteiger partial charge in [-0.05, 0) is 38.7 Å². The Bertz CT molecular complexity index is 871. The average molecular weight is 454 g/mol. The van der Waals surface area contributed by atoms with Gasteiger partial charge in [0.05, 0.1) is 11.7 Å². The second-order valence-electron chi connectivity index (χ2n) is 7.16. The number of rotatable bonds is 9. The SMILES string of the molecule is C/C(O)=C(\S/C=C/Nc1nsnc1NCc1ccccc1)S(=O)N(C)C(C)(C)C. The monoisotopic (exact) mass is 453 g/mol. The predicted octanol–water partition coefficient (Wildman–Crippen LogP) is 4.91. The number of thioether (sulfide) groups is 1. The lowest BCUT2D eigenvalue weighted by molar-refractivity contribution is 0.308. The number of aliphatic hydroxyl groups is 1. The Balaban J connectivity index is 1.95. The molecule has 0 fully saturated rings. The third-order valence-corrected chi connectivity index (χ3v) is 7.59. The van der Waals surface area contributed by atoms with Gasteiger partial charge in [0.25, 0.3) is 0 Å². The Kier molecular flexibility index (Phi) is 8.69. The minimum atomic E-state index is -1.46. The maximum absolute atomic E-state index is 12.7.